The molecule has 0 saturated carbocycles. The molecule has 0 bridgehead atoms. The first-order valence-electron chi connectivity index (χ1n) is 6.57. The van der Waals surface area contributed by atoms with Crippen molar-refractivity contribution in [3.8, 4) is 6.07 Å². The van der Waals surface area contributed by atoms with Crippen molar-refractivity contribution in [2.24, 2.45) is 0 Å². The third-order valence-electron chi connectivity index (χ3n) is 3.25. The van der Waals surface area contributed by atoms with Crippen LogP contribution in [0.2, 0.25) is 0 Å². The van der Waals surface area contributed by atoms with Gasteiger partial charge in [-0.25, -0.2) is 8.42 Å². The molecule has 1 atom stereocenters. The van der Waals surface area contributed by atoms with Gasteiger partial charge in [0.2, 0.25) is 10.0 Å². The lowest BCUT2D eigenvalue weighted by molar-refractivity contribution is -0.131. The van der Waals surface area contributed by atoms with Crippen LogP contribution in [0.15, 0.2) is 29.2 Å². The first-order valence-corrected chi connectivity index (χ1v) is 8.01. The quantitative estimate of drug-likeness (QED) is 0.888. The summed E-state index contributed by atoms with van der Waals surface area (Å²) >= 11 is 0. The van der Waals surface area contributed by atoms with E-state index in [1.807, 2.05) is 6.07 Å². The zero-order valence-electron chi connectivity index (χ0n) is 12.0. The van der Waals surface area contributed by atoms with Gasteiger partial charge in [-0.2, -0.15) is 9.57 Å². The van der Waals surface area contributed by atoms with Crippen molar-refractivity contribution in [3.63, 3.8) is 0 Å². The number of sulfonamides is 1. The van der Waals surface area contributed by atoms with Crippen LogP contribution in [-0.2, 0) is 14.8 Å². The Hall–Kier alpha value is -1.46. The Morgan fingerprint density at radius 2 is 2.24 bits per heavy atom. The first kappa shape index (κ1) is 15.9. The number of hydrogen-bond donors (Lipinski definition) is 1. The topological polar surface area (TPSA) is 90.6 Å². The van der Waals surface area contributed by atoms with E-state index in [9.17, 15) is 13.5 Å². The van der Waals surface area contributed by atoms with E-state index in [-0.39, 0.29) is 24.6 Å². The second-order valence-electron chi connectivity index (χ2n) is 5.62. The van der Waals surface area contributed by atoms with Gasteiger partial charge in [-0.1, -0.05) is 6.07 Å². The summed E-state index contributed by atoms with van der Waals surface area (Å²) in [5.74, 6) is 0. The molecule has 1 fully saturated rings. The molecule has 1 saturated heterocycles. The monoisotopic (exact) mass is 310 g/mol. The van der Waals surface area contributed by atoms with Crippen LogP contribution in [0.1, 0.15) is 19.4 Å². The van der Waals surface area contributed by atoms with Crippen LogP contribution in [0.25, 0.3) is 0 Å². The van der Waals surface area contributed by atoms with Crippen molar-refractivity contribution in [1.29, 1.82) is 5.26 Å². The van der Waals surface area contributed by atoms with Crippen LogP contribution in [0.3, 0.4) is 0 Å². The fourth-order valence-corrected chi connectivity index (χ4v) is 4.06. The molecule has 1 aromatic carbocycles. The van der Waals surface area contributed by atoms with Crippen molar-refractivity contribution in [2.75, 3.05) is 19.7 Å². The minimum Gasteiger partial charge on any atom is -0.394 e. The lowest BCUT2D eigenvalue weighted by atomic mass is 10.1. The van der Waals surface area contributed by atoms with E-state index in [1.165, 1.54) is 16.4 Å². The highest BCUT2D eigenvalue weighted by Gasteiger charge is 2.39. The molecule has 0 aromatic heterocycles. The van der Waals surface area contributed by atoms with Crippen molar-refractivity contribution < 1.29 is 18.3 Å². The summed E-state index contributed by atoms with van der Waals surface area (Å²) in [6.45, 7) is 3.61. The smallest absolute Gasteiger partial charge is 0.243 e. The minimum absolute atomic E-state index is 0.0796. The maximum atomic E-state index is 12.7. The summed E-state index contributed by atoms with van der Waals surface area (Å²) in [5.41, 5.74) is -0.381. The minimum atomic E-state index is -3.72. The van der Waals surface area contributed by atoms with Gasteiger partial charge in [-0.05, 0) is 32.0 Å². The van der Waals surface area contributed by atoms with Crippen LogP contribution >= 0.6 is 0 Å². The molecule has 7 heteroatoms. The molecule has 1 heterocycles. The average molecular weight is 310 g/mol. The predicted octanol–water partition coefficient (Wildman–Crippen LogP) is 0.719. The van der Waals surface area contributed by atoms with Gasteiger partial charge in [0.05, 0.1) is 34.8 Å². The van der Waals surface area contributed by atoms with Crippen LogP contribution in [0.4, 0.5) is 0 Å². The number of aliphatic hydroxyl groups excluding tert-OH is 1. The Kier molecular flexibility index (Phi) is 4.35. The van der Waals surface area contributed by atoms with E-state index in [0.717, 1.165) is 0 Å². The Morgan fingerprint density at radius 3 is 2.86 bits per heavy atom. The first-order chi connectivity index (χ1) is 9.78. The molecule has 1 N–H and O–H groups in total. The number of nitriles is 1. The summed E-state index contributed by atoms with van der Waals surface area (Å²) in [4.78, 5) is 0.0796. The zero-order chi connectivity index (χ0) is 15.7. The van der Waals surface area contributed by atoms with Gasteiger partial charge >= 0.3 is 0 Å². The van der Waals surface area contributed by atoms with Gasteiger partial charge < -0.3 is 9.84 Å². The van der Waals surface area contributed by atoms with Crippen LogP contribution < -0.4 is 0 Å². The van der Waals surface area contributed by atoms with Crippen LogP contribution in [-0.4, -0.2) is 49.2 Å². The fourth-order valence-electron chi connectivity index (χ4n) is 2.40. The molecular weight excluding hydrogens is 292 g/mol. The van der Waals surface area contributed by atoms with Crippen molar-refractivity contribution in [2.45, 2.75) is 30.4 Å². The molecule has 0 amide bonds. The van der Waals surface area contributed by atoms with Crippen molar-refractivity contribution in [3.05, 3.63) is 29.8 Å². The van der Waals surface area contributed by atoms with Gasteiger partial charge in [-0.3, -0.25) is 0 Å². The summed E-state index contributed by atoms with van der Waals surface area (Å²) in [6, 6.07) is 7.85. The van der Waals surface area contributed by atoms with E-state index in [0.29, 0.717) is 5.56 Å². The molecule has 0 aliphatic carbocycles. The summed E-state index contributed by atoms with van der Waals surface area (Å²) in [7, 11) is -3.72. The van der Waals surface area contributed by atoms with Crippen LogP contribution in [0.5, 0.6) is 0 Å². The average Bonchev–Trinajstić information content (AvgIpc) is 2.45. The van der Waals surface area contributed by atoms with E-state index < -0.39 is 21.7 Å². The molecule has 21 heavy (non-hydrogen) atoms. The Balaban J connectivity index is 2.36. The number of rotatable bonds is 3. The maximum absolute atomic E-state index is 12.7. The molecule has 2 rings (SSSR count). The molecule has 1 aromatic rings. The number of morpholine rings is 1. The summed E-state index contributed by atoms with van der Waals surface area (Å²) < 4.78 is 32.3. The highest BCUT2D eigenvalue weighted by molar-refractivity contribution is 7.89. The van der Waals surface area contributed by atoms with E-state index in [4.69, 9.17) is 10.00 Å². The van der Waals surface area contributed by atoms with Crippen LogP contribution in [0, 0.1) is 11.3 Å². The number of hydrogen-bond acceptors (Lipinski definition) is 5. The normalized spacial score (nSPS) is 22.7. The third-order valence-corrected chi connectivity index (χ3v) is 5.06. The number of nitrogens with zero attached hydrogens (tertiary/aromatic N) is 2. The standard InChI is InChI=1S/C14H18N2O4S/c1-14(2)10-16(8-12(9-17)20-14)21(18,19)13-5-3-4-11(6-13)7-15/h3-6,12,17H,8-10H2,1-2H3. The van der Waals surface area contributed by atoms with Crippen molar-refractivity contribution >= 4 is 10.0 Å². The third kappa shape index (κ3) is 3.41. The fraction of sp³-hybridized carbons (Fsp3) is 0.500. The largest absolute Gasteiger partial charge is 0.394 e. The van der Waals surface area contributed by atoms with Gasteiger partial charge in [0, 0.05) is 13.1 Å². The zero-order valence-corrected chi connectivity index (χ0v) is 12.8. The number of aliphatic hydroxyl groups is 1. The number of ether oxygens (including phenoxy) is 1. The molecule has 0 spiro atoms. The van der Waals surface area contributed by atoms with Gasteiger partial charge in [0.15, 0.2) is 0 Å². The number of benzene rings is 1. The molecule has 6 nitrogen and oxygen atoms in total. The Labute approximate surface area is 124 Å². The van der Waals surface area contributed by atoms with E-state index in [2.05, 4.69) is 0 Å². The molecule has 1 aliphatic heterocycles. The summed E-state index contributed by atoms with van der Waals surface area (Å²) in [5, 5.41) is 18.2. The Bertz CT molecular complexity index is 664. The molecule has 0 radical (unpaired) electrons. The molecule has 114 valence electrons. The highest BCUT2D eigenvalue weighted by Crippen LogP contribution is 2.26. The molecule has 1 unspecified atom stereocenters. The molecule has 1 aliphatic rings. The highest BCUT2D eigenvalue weighted by atomic mass is 32.2. The van der Waals surface area contributed by atoms with Gasteiger partial charge in [0.1, 0.15) is 0 Å². The van der Waals surface area contributed by atoms with Gasteiger partial charge in [0.25, 0.3) is 0 Å². The maximum Gasteiger partial charge on any atom is 0.243 e. The SMILES string of the molecule is CC1(C)CN(S(=O)(=O)c2cccc(C#N)c2)CC(CO)O1. The lowest BCUT2D eigenvalue weighted by Gasteiger charge is -2.41. The second-order valence-corrected chi connectivity index (χ2v) is 7.56. The van der Waals surface area contributed by atoms with Crippen molar-refractivity contribution in [1.82, 2.24) is 4.31 Å². The summed E-state index contributed by atoms with van der Waals surface area (Å²) in [6.07, 6.45) is -0.553. The van der Waals surface area contributed by atoms with Gasteiger partial charge in [-0.15, -0.1) is 0 Å². The lowest BCUT2D eigenvalue weighted by Crippen LogP contribution is -2.55. The predicted molar refractivity (Wildman–Crippen MR) is 76.0 cm³/mol. The van der Waals surface area contributed by atoms with E-state index >= 15 is 0 Å². The molecular formula is C14H18N2O4S. The Morgan fingerprint density at radius 1 is 1.52 bits per heavy atom. The second kappa shape index (κ2) is 5.73. The van der Waals surface area contributed by atoms with E-state index in [1.54, 1.807) is 26.0 Å².